The van der Waals surface area contributed by atoms with Crippen LogP contribution >= 0.6 is 0 Å². The summed E-state index contributed by atoms with van der Waals surface area (Å²) in [6, 6.07) is 3.54. The Hall–Kier alpha value is -2.68. The van der Waals surface area contributed by atoms with Gasteiger partial charge in [-0.15, -0.1) is 0 Å². The predicted molar refractivity (Wildman–Crippen MR) is 83.5 cm³/mol. The summed E-state index contributed by atoms with van der Waals surface area (Å²) in [5.41, 5.74) is 8.62. The highest BCUT2D eigenvalue weighted by molar-refractivity contribution is 5.77. The van der Waals surface area contributed by atoms with Crippen molar-refractivity contribution in [2.45, 2.75) is 26.7 Å². The van der Waals surface area contributed by atoms with Crippen LogP contribution in [0.15, 0.2) is 18.5 Å². The number of hydrogen-bond donors (Lipinski definition) is 1. The standard InChI is InChI=1S/C14H15FN4.C2H4O/c1-3-4-10-12(8-19(2)13(10)6-16)11-5-9(15)7-18-14(11)17;1-2-3/h5,7-8H,3-4H2,1-2H3,(H2,17,18);2H,1H3. The number of carbonyl (C=O) groups is 1. The molecular formula is C16H19FN4O. The minimum atomic E-state index is -0.436. The second kappa shape index (κ2) is 7.93. The van der Waals surface area contributed by atoms with Crippen molar-refractivity contribution in [2.24, 2.45) is 7.05 Å². The predicted octanol–water partition coefficient (Wildman–Crippen LogP) is 2.84. The van der Waals surface area contributed by atoms with Gasteiger partial charge in [0.25, 0.3) is 0 Å². The maximum absolute atomic E-state index is 13.3. The molecule has 6 heteroatoms. The van der Waals surface area contributed by atoms with Crippen molar-refractivity contribution < 1.29 is 9.18 Å². The minimum Gasteiger partial charge on any atom is -0.383 e. The van der Waals surface area contributed by atoms with Crippen molar-refractivity contribution in [1.82, 2.24) is 9.55 Å². The minimum absolute atomic E-state index is 0.272. The van der Waals surface area contributed by atoms with Gasteiger partial charge in [-0.1, -0.05) is 13.3 Å². The molecular weight excluding hydrogens is 283 g/mol. The molecule has 2 aromatic rings. The lowest BCUT2D eigenvalue weighted by Gasteiger charge is -2.06. The van der Waals surface area contributed by atoms with E-state index in [-0.39, 0.29) is 5.82 Å². The van der Waals surface area contributed by atoms with Gasteiger partial charge >= 0.3 is 0 Å². The van der Waals surface area contributed by atoms with Crippen LogP contribution in [0.2, 0.25) is 0 Å². The third-order valence-electron chi connectivity index (χ3n) is 3.07. The molecule has 0 radical (unpaired) electrons. The number of aryl methyl sites for hydroxylation is 1. The maximum Gasteiger partial charge on any atom is 0.142 e. The summed E-state index contributed by atoms with van der Waals surface area (Å²) in [5, 5.41) is 9.22. The lowest BCUT2D eigenvalue weighted by molar-refractivity contribution is -0.106. The summed E-state index contributed by atoms with van der Waals surface area (Å²) in [4.78, 5) is 12.6. The van der Waals surface area contributed by atoms with Gasteiger partial charge in [0, 0.05) is 24.4 Å². The molecule has 2 N–H and O–H groups in total. The molecule has 22 heavy (non-hydrogen) atoms. The highest BCUT2D eigenvalue weighted by Crippen LogP contribution is 2.32. The molecule has 2 rings (SSSR count). The summed E-state index contributed by atoms with van der Waals surface area (Å²) in [7, 11) is 1.80. The number of pyridine rings is 1. The summed E-state index contributed by atoms with van der Waals surface area (Å²) < 4.78 is 15.1. The van der Waals surface area contributed by atoms with E-state index in [0.29, 0.717) is 11.3 Å². The second-order valence-corrected chi connectivity index (χ2v) is 4.66. The fraction of sp³-hybridized carbons (Fsp3) is 0.312. The van der Waals surface area contributed by atoms with Gasteiger partial charge in [0.2, 0.25) is 0 Å². The fourth-order valence-corrected chi connectivity index (χ4v) is 2.22. The van der Waals surface area contributed by atoms with Crippen molar-refractivity contribution in [1.29, 1.82) is 5.26 Å². The Balaban J connectivity index is 0.000000745. The second-order valence-electron chi connectivity index (χ2n) is 4.66. The largest absolute Gasteiger partial charge is 0.383 e. The molecule has 0 unspecified atom stereocenters. The molecule has 0 aliphatic carbocycles. The van der Waals surface area contributed by atoms with Crippen LogP contribution in [0.1, 0.15) is 31.5 Å². The quantitative estimate of drug-likeness (QED) is 0.883. The molecule has 2 heterocycles. The first kappa shape index (κ1) is 17.4. The van der Waals surface area contributed by atoms with E-state index >= 15 is 0 Å². The lowest BCUT2D eigenvalue weighted by atomic mass is 10.00. The van der Waals surface area contributed by atoms with Crippen molar-refractivity contribution in [2.75, 3.05) is 5.73 Å². The topological polar surface area (TPSA) is 84.7 Å². The van der Waals surface area contributed by atoms with Gasteiger partial charge in [0.05, 0.1) is 6.20 Å². The van der Waals surface area contributed by atoms with E-state index in [1.165, 1.54) is 13.0 Å². The van der Waals surface area contributed by atoms with Gasteiger partial charge in [0.1, 0.15) is 29.7 Å². The number of aldehydes is 1. The SMILES string of the molecule is CC=O.CCCc1c(-c2cc(F)cnc2N)cn(C)c1C#N. The normalized spacial score (nSPS) is 9.59. The molecule has 0 saturated carbocycles. The van der Waals surface area contributed by atoms with Gasteiger partial charge in [-0.2, -0.15) is 5.26 Å². The van der Waals surface area contributed by atoms with Gasteiger partial charge < -0.3 is 15.1 Å². The molecule has 0 bridgehead atoms. The Morgan fingerprint density at radius 1 is 1.50 bits per heavy atom. The molecule has 5 nitrogen and oxygen atoms in total. The average molecular weight is 302 g/mol. The third kappa shape index (κ3) is 3.70. The highest BCUT2D eigenvalue weighted by atomic mass is 19.1. The summed E-state index contributed by atoms with van der Waals surface area (Å²) in [5.74, 6) is -0.164. The van der Waals surface area contributed by atoms with E-state index < -0.39 is 5.82 Å². The molecule has 0 spiro atoms. The number of carbonyl (C=O) groups excluding carboxylic acids is 1. The summed E-state index contributed by atoms with van der Waals surface area (Å²) >= 11 is 0. The number of hydrogen-bond acceptors (Lipinski definition) is 4. The number of nitriles is 1. The summed E-state index contributed by atoms with van der Waals surface area (Å²) in [6.07, 6.45) is 5.28. The average Bonchev–Trinajstić information content (AvgIpc) is 2.79. The van der Waals surface area contributed by atoms with Crippen molar-refractivity contribution in [3.05, 3.63) is 35.5 Å². The number of nitrogens with two attached hydrogens (primary N) is 1. The molecule has 2 aromatic heterocycles. The maximum atomic E-state index is 13.3. The zero-order valence-corrected chi connectivity index (χ0v) is 12.9. The van der Waals surface area contributed by atoms with Gasteiger partial charge in [0.15, 0.2) is 0 Å². The van der Waals surface area contributed by atoms with Crippen molar-refractivity contribution >= 4 is 12.1 Å². The molecule has 0 amide bonds. The number of aromatic nitrogens is 2. The van der Waals surface area contributed by atoms with Crippen LogP contribution in [0, 0.1) is 17.1 Å². The van der Waals surface area contributed by atoms with Crippen LogP contribution in [0.3, 0.4) is 0 Å². The van der Waals surface area contributed by atoms with Crippen molar-refractivity contribution in [3.8, 4) is 17.2 Å². The number of nitrogen functional groups attached to an aromatic ring is 1. The van der Waals surface area contributed by atoms with Gasteiger partial charge in [-0.25, -0.2) is 9.37 Å². The Kier molecular flexibility index (Phi) is 6.26. The van der Waals surface area contributed by atoms with Gasteiger partial charge in [-0.05, 0) is 25.0 Å². The number of nitrogens with zero attached hydrogens (tertiary/aromatic N) is 3. The van der Waals surface area contributed by atoms with E-state index in [1.54, 1.807) is 17.8 Å². The smallest absolute Gasteiger partial charge is 0.142 e. The van der Waals surface area contributed by atoms with Crippen LogP contribution in [-0.2, 0) is 18.3 Å². The van der Waals surface area contributed by atoms with Gasteiger partial charge in [-0.3, -0.25) is 0 Å². The lowest BCUT2D eigenvalue weighted by Crippen LogP contribution is -1.97. The van der Waals surface area contributed by atoms with E-state index in [9.17, 15) is 9.65 Å². The van der Waals surface area contributed by atoms with Crippen molar-refractivity contribution in [3.63, 3.8) is 0 Å². The van der Waals surface area contributed by atoms with Crippen LogP contribution in [0.25, 0.3) is 11.1 Å². The molecule has 0 fully saturated rings. The summed E-state index contributed by atoms with van der Waals surface area (Å²) in [6.45, 7) is 3.48. The first-order valence-corrected chi connectivity index (χ1v) is 6.89. The Labute approximate surface area is 129 Å². The zero-order valence-electron chi connectivity index (χ0n) is 12.9. The van der Waals surface area contributed by atoms with E-state index in [0.717, 1.165) is 36.5 Å². The first-order valence-electron chi connectivity index (χ1n) is 6.89. The molecule has 0 aliphatic rings. The van der Waals surface area contributed by atoms with Crippen LogP contribution in [0.5, 0.6) is 0 Å². The molecule has 0 saturated heterocycles. The molecule has 0 aliphatic heterocycles. The molecule has 0 aromatic carbocycles. The molecule has 0 atom stereocenters. The molecule has 116 valence electrons. The van der Waals surface area contributed by atoms with E-state index in [2.05, 4.69) is 11.1 Å². The van der Waals surface area contributed by atoms with E-state index in [1.807, 2.05) is 6.92 Å². The highest BCUT2D eigenvalue weighted by Gasteiger charge is 2.17. The third-order valence-corrected chi connectivity index (χ3v) is 3.07. The van der Waals surface area contributed by atoms with Crippen LogP contribution < -0.4 is 5.73 Å². The van der Waals surface area contributed by atoms with Crippen LogP contribution in [0.4, 0.5) is 10.2 Å². The van der Waals surface area contributed by atoms with Crippen LogP contribution in [-0.4, -0.2) is 15.8 Å². The van der Waals surface area contributed by atoms with E-state index in [4.69, 9.17) is 10.5 Å². The number of rotatable bonds is 3. The Morgan fingerprint density at radius 3 is 2.68 bits per heavy atom. The number of halogens is 1. The Morgan fingerprint density at radius 2 is 2.14 bits per heavy atom. The monoisotopic (exact) mass is 302 g/mol. The Bertz CT molecular complexity index is 701. The first-order chi connectivity index (χ1) is 10.5. The zero-order chi connectivity index (χ0) is 16.7. The fourth-order valence-electron chi connectivity index (χ4n) is 2.22. The number of anilines is 1.